The van der Waals surface area contributed by atoms with E-state index in [4.69, 9.17) is 11.2 Å². The molecule has 0 fully saturated rings. The largest absolute Gasteiger partial charge is 0.379 e. The van der Waals surface area contributed by atoms with Gasteiger partial charge in [0.25, 0.3) is 0 Å². The predicted molar refractivity (Wildman–Crippen MR) is 57.6 cm³/mol. The Bertz CT molecular complexity index is 135. The highest BCUT2D eigenvalue weighted by molar-refractivity contribution is 4.82. The molecule has 1 unspecified atom stereocenters. The van der Waals surface area contributed by atoms with Crippen molar-refractivity contribution in [3.63, 3.8) is 0 Å². The second kappa shape index (κ2) is 9.61. The average Bonchev–Trinajstić information content (AvgIpc) is 2.14. The van der Waals surface area contributed by atoms with Crippen LogP contribution in [0.4, 0.5) is 0 Å². The van der Waals surface area contributed by atoms with Gasteiger partial charge >= 0.3 is 0 Å². The predicted octanol–water partition coefficient (Wildman–Crippen LogP) is 3.39. The molecule has 0 aromatic heterocycles. The van der Waals surface area contributed by atoms with E-state index in [0.29, 0.717) is 6.10 Å². The van der Waals surface area contributed by atoms with E-state index in [9.17, 15) is 0 Å². The van der Waals surface area contributed by atoms with Crippen molar-refractivity contribution in [3.8, 4) is 12.3 Å². The fourth-order valence-electron chi connectivity index (χ4n) is 1.19. The molecule has 0 bridgehead atoms. The van der Waals surface area contributed by atoms with E-state index < -0.39 is 0 Å². The zero-order valence-corrected chi connectivity index (χ0v) is 9.01. The van der Waals surface area contributed by atoms with Crippen LogP contribution in [0, 0.1) is 12.3 Å². The molecule has 0 saturated heterocycles. The average molecular weight is 182 g/mol. The van der Waals surface area contributed by atoms with Crippen LogP contribution < -0.4 is 0 Å². The van der Waals surface area contributed by atoms with Gasteiger partial charge in [-0.3, -0.25) is 0 Å². The molecule has 0 N–H and O–H groups in total. The van der Waals surface area contributed by atoms with Crippen LogP contribution in [0.1, 0.15) is 52.4 Å². The molecule has 1 nitrogen and oxygen atoms in total. The molecular formula is C12H22O. The van der Waals surface area contributed by atoms with Crippen LogP contribution in [0.2, 0.25) is 0 Å². The van der Waals surface area contributed by atoms with E-state index >= 15 is 0 Å². The van der Waals surface area contributed by atoms with E-state index in [1.165, 1.54) is 19.3 Å². The Morgan fingerprint density at radius 3 is 2.69 bits per heavy atom. The summed E-state index contributed by atoms with van der Waals surface area (Å²) in [6.07, 6.45) is 12.4. The van der Waals surface area contributed by atoms with E-state index in [1.807, 2.05) is 0 Å². The third-order valence-corrected chi connectivity index (χ3v) is 2.08. The number of hydrogen-bond acceptors (Lipinski definition) is 1. The number of rotatable bonds is 8. The first kappa shape index (κ1) is 12.5. The molecular weight excluding hydrogens is 160 g/mol. The van der Waals surface area contributed by atoms with Crippen LogP contribution in [-0.4, -0.2) is 12.7 Å². The minimum Gasteiger partial charge on any atom is -0.379 e. The van der Waals surface area contributed by atoms with Gasteiger partial charge in [-0.15, -0.1) is 12.3 Å². The molecule has 0 aromatic carbocycles. The van der Waals surface area contributed by atoms with Gasteiger partial charge in [0.1, 0.15) is 0 Å². The van der Waals surface area contributed by atoms with Gasteiger partial charge in [0.2, 0.25) is 0 Å². The van der Waals surface area contributed by atoms with Crippen molar-refractivity contribution in [2.24, 2.45) is 0 Å². The van der Waals surface area contributed by atoms with Crippen molar-refractivity contribution in [1.82, 2.24) is 0 Å². The molecule has 0 rings (SSSR count). The van der Waals surface area contributed by atoms with Crippen LogP contribution in [0.25, 0.3) is 0 Å². The van der Waals surface area contributed by atoms with E-state index in [0.717, 1.165) is 25.9 Å². The van der Waals surface area contributed by atoms with Gasteiger partial charge < -0.3 is 4.74 Å². The molecule has 0 aliphatic carbocycles. The van der Waals surface area contributed by atoms with Crippen LogP contribution in [0.15, 0.2) is 0 Å². The van der Waals surface area contributed by atoms with Crippen molar-refractivity contribution in [2.45, 2.75) is 58.5 Å². The lowest BCUT2D eigenvalue weighted by atomic mass is 10.2. The summed E-state index contributed by atoms with van der Waals surface area (Å²) in [7, 11) is 0. The third kappa shape index (κ3) is 9.43. The summed E-state index contributed by atoms with van der Waals surface area (Å²) in [6.45, 7) is 5.23. The van der Waals surface area contributed by atoms with E-state index in [1.54, 1.807) is 0 Å². The second-order valence-electron chi connectivity index (χ2n) is 3.48. The first-order valence-corrected chi connectivity index (χ1v) is 5.36. The molecule has 0 saturated carbocycles. The fourth-order valence-corrected chi connectivity index (χ4v) is 1.19. The normalized spacial score (nSPS) is 12.4. The van der Waals surface area contributed by atoms with Crippen LogP contribution in [-0.2, 0) is 4.74 Å². The molecule has 0 amide bonds. The Morgan fingerprint density at radius 1 is 1.31 bits per heavy atom. The summed E-state index contributed by atoms with van der Waals surface area (Å²) in [5.41, 5.74) is 0. The summed E-state index contributed by atoms with van der Waals surface area (Å²) in [6, 6.07) is 0. The Hall–Kier alpha value is -0.480. The Labute approximate surface area is 82.9 Å². The van der Waals surface area contributed by atoms with Crippen molar-refractivity contribution >= 4 is 0 Å². The maximum atomic E-state index is 5.62. The quantitative estimate of drug-likeness (QED) is 0.413. The van der Waals surface area contributed by atoms with Gasteiger partial charge in [0, 0.05) is 13.0 Å². The molecule has 0 spiro atoms. The minimum absolute atomic E-state index is 0.422. The summed E-state index contributed by atoms with van der Waals surface area (Å²) in [5, 5.41) is 0. The van der Waals surface area contributed by atoms with Crippen LogP contribution >= 0.6 is 0 Å². The lowest BCUT2D eigenvalue weighted by Gasteiger charge is -2.11. The smallest absolute Gasteiger partial charge is 0.0547 e. The highest BCUT2D eigenvalue weighted by atomic mass is 16.5. The summed E-state index contributed by atoms with van der Waals surface area (Å²) in [4.78, 5) is 0. The lowest BCUT2D eigenvalue weighted by Crippen LogP contribution is -2.08. The molecule has 0 aliphatic heterocycles. The first-order valence-electron chi connectivity index (χ1n) is 5.36. The van der Waals surface area contributed by atoms with Crippen molar-refractivity contribution in [3.05, 3.63) is 0 Å². The van der Waals surface area contributed by atoms with Crippen LogP contribution in [0.5, 0.6) is 0 Å². The van der Waals surface area contributed by atoms with Gasteiger partial charge in [-0.05, 0) is 26.2 Å². The van der Waals surface area contributed by atoms with Gasteiger partial charge in [-0.2, -0.15) is 0 Å². The van der Waals surface area contributed by atoms with E-state index in [-0.39, 0.29) is 0 Å². The van der Waals surface area contributed by atoms with Gasteiger partial charge in [0.15, 0.2) is 0 Å². The molecule has 1 heteroatoms. The SMILES string of the molecule is C#CCCCCOC(C)CCCC. The minimum atomic E-state index is 0.422. The summed E-state index contributed by atoms with van der Waals surface area (Å²) >= 11 is 0. The number of unbranched alkanes of at least 4 members (excludes halogenated alkanes) is 3. The van der Waals surface area contributed by atoms with Gasteiger partial charge in [-0.25, -0.2) is 0 Å². The monoisotopic (exact) mass is 182 g/mol. The molecule has 0 heterocycles. The molecule has 0 aliphatic rings. The molecule has 1 atom stereocenters. The Balaban J connectivity index is 3.08. The fraction of sp³-hybridized carbons (Fsp3) is 0.833. The highest BCUT2D eigenvalue weighted by Crippen LogP contribution is 2.05. The molecule has 0 radical (unpaired) electrons. The van der Waals surface area contributed by atoms with E-state index in [2.05, 4.69) is 19.8 Å². The Morgan fingerprint density at radius 2 is 2.08 bits per heavy atom. The Kier molecular flexibility index (Phi) is 9.25. The maximum Gasteiger partial charge on any atom is 0.0547 e. The standard InChI is InChI=1S/C12H22O/c1-4-6-8-9-11-13-12(3)10-7-5-2/h1,12H,5-11H2,2-3H3. The first-order chi connectivity index (χ1) is 6.31. The summed E-state index contributed by atoms with van der Waals surface area (Å²) < 4.78 is 5.62. The summed E-state index contributed by atoms with van der Waals surface area (Å²) in [5.74, 6) is 2.63. The maximum absolute atomic E-state index is 5.62. The topological polar surface area (TPSA) is 9.23 Å². The molecule has 0 aromatic rings. The van der Waals surface area contributed by atoms with Crippen LogP contribution in [0.3, 0.4) is 0 Å². The van der Waals surface area contributed by atoms with Gasteiger partial charge in [0.05, 0.1) is 6.10 Å². The van der Waals surface area contributed by atoms with Gasteiger partial charge in [-0.1, -0.05) is 19.8 Å². The highest BCUT2D eigenvalue weighted by Gasteiger charge is 1.99. The molecule has 76 valence electrons. The number of hydrogen-bond donors (Lipinski definition) is 0. The zero-order chi connectivity index (χ0) is 9.94. The second-order valence-corrected chi connectivity index (χ2v) is 3.48. The molecule has 13 heavy (non-hydrogen) atoms. The number of terminal acetylenes is 1. The third-order valence-electron chi connectivity index (χ3n) is 2.08. The zero-order valence-electron chi connectivity index (χ0n) is 9.01. The van der Waals surface area contributed by atoms with Crippen molar-refractivity contribution in [2.75, 3.05) is 6.61 Å². The van der Waals surface area contributed by atoms with Crippen molar-refractivity contribution < 1.29 is 4.74 Å². The van der Waals surface area contributed by atoms with Crippen molar-refractivity contribution in [1.29, 1.82) is 0 Å². The lowest BCUT2D eigenvalue weighted by molar-refractivity contribution is 0.0565. The number of ether oxygens (including phenoxy) is 1.